The van der Waals surface area contributed by atoms with Crippen LogP contribution in [0.15, 0.2) is 71.6 Å². The lowest BCUT2D eigenvalue weighted by atomic mass is 10.1. The van der Waals surface area contributed by atoms with Crippen LogP contribution in [0, 0.1) is 0 Å². The number of amides is 1. The summed E-state index contributed by atoms with van der Waals surface area (Å²) in [4.78, 5) is 12.2. The van der Waals surface area contributed by atoms with E-state index < -0.39 is 15.9 Å². The standard InChI is InChI=1S/C20H16N2O4S2/c23-20(22-24)18-11-15-9-8-13(10-17(15)27-18)12-21-28(25,26)19-7-3-5-14-4-1-2-6-16(14)19/h1-11,21,24H,12H2,(H,22,23). The molecule has 0 aliphatic rings. The van der Waals surface area contributed by atoms with Gasteiger partial charge in [-0.25, -0.2) is 18.6 Å². The number of benzene rings is 3. The third-order valence-corrected chi connectivity index (χ3v) is 6.97. The Morgan fingerprint density at radius 1 is 0.964 bits per heavy atom. The maximum atomic E-state index is 12.8. The summed E-state index contributed by atoms with van der Waals surface area (Å²) in [6.45, 7) is 0.126. The van der Waals surface area contributed by atoms with Gasteiger partial charge in [0.25, 0.3) is 5.91 Å². The predicted molar refractivity (Wildman–Crippen MR) is 109 cm³/mol. The van der Waals surface area contributed by atoms with Crippen LogP contribution in [0.1, 0.15) is 15.2 Å². The van der Waals surface area contributed by atoms with E-state index in [9.17, 15) is 13.2 Å². The molecular formula is C20H16N2O4S2. The fraction of sp³-hybridized carbons (Fsp3) is 0.0500. The first-order valence-corrected chi connectivity index (χ1v) is 10.7. The average molecular weight is 412 g/mol. The molecule has 0 aliphatic carbocycles. The summed E-state index contributed by atoms with van der Waals surface area (Å²) < 4.78 is 29.1. The minimum absolute atomic E-state index is 0.126. The molecule has 0 aliphatic heterocycles. The number of carbonyl (C=O) groups excluding carboxylic acids is 1. The number of hydrogen-bond acceptors (Lipinski definition) is 5. The van der Waals surface area contributed by atoms with Crippen molar-refractivity contribution in [1.82, 2.24) is 10.2 Å². The summed E-state index contributed by atoms with van der Waals surface area (Å²) in [7, 11) is -3.69. The number of thiophene rings is 1. The van der Waals surface area contributed by atoms with Crippen LogP contribution in [0.2, 0.25) is 0 Å². The van der Waals surface area contributed by atoms with Crippen LogP contribution in [-0.4, -0.2) is 19.5 Å². The molecule has 142 valence electrons. The van der Waals surface area contributed by atoms with Crippen LogP contribution >= 0.6 is 11.3 Å². The maximum absolute atomic E-state index is 12.8. The van der Waals surface area contributed by atoms with Gasteiger partial charge in [-0.2, -0.15) is 0 Å². The van der Waals surface area contributed by atoms with E-state index in [0.717, 1.165) is 21.0 Å². The van der Waals surface area contributed by atoms with Crippen molar-refractivity contribution in [3.63, 3.8) is 0 Å². The minimum Gasteiger partial charge on any atom is -0.288 e. The number of carbonyl (C=O) groups is 1. The number of rotatable bonds is 5. The highest BCUT2D eigenvalue weighted by Crippen LogP contribution is 2.27. The van der Waals surface area contributed by atoms with Crippen LogP contribution in [0.4, 0.5) is 0 Å². The number of hydrogen-bond donors (Lipinski definition) is 3. The number of sulfonamides is 1. The Balaban J connectivity index is 1.60. The summed E-state index contributed by atoms with van der Waals surface area (Å²) in [6, 6.07) is 19.7. The first-order chi connectivity index (χ1) is 13.5. The first kappa shape index (κ1) is 18.6. The smallest absolute Gasteiger partial charge is 0.284 e. The number of nitrogens with one attached hydrogen (secondary N) is 2. The summed E-state index contributed by atoms with van der Waals surface area (Å²) in [5, 5.41) is 11.1. The number of hydroxylamine groups is 1. The van der Waals surface area contributed by atoms with E-state index in [1.807, 2.05) is 36.4 Å². The van der Waals surface area contributed by atoms with Crippen LogP contribution < -0.4 is 10.2 Å². The molecule has 0 saturated heterocycles. The Hall–Kier alpha value is -2.78. The Morgan fingerprint density at radius 2 is 1.75 bits per heavy atom. The molecule has 1 heterocycles. The zero-order chi connectivity index (χ0) is 19.7. The summed E-state index contributed by atoms with van der Waals surface area (Å²) >= 11 is 1.23. The van der Waals surface area contributed by atoms with Gasteiger partial charge in [0, 0.05) is 16.6 Å². The molecule has 0 spiro atoms. The van der Waals surface area contributed by atoms with Gasteiger partial charge in [0.2, 0.25) is 10.0 Å². The van der Waals surface area contributed by atoms with Gasteiger partial charge in [-0.3, -0.25) is 10.0 Å². The molecular weight excluding hydrogens is 396 g/mol. The zero-order valence-corrected chi connectivity index (χ0v) is 16.2. The van der Waals surface area contributed by atoms with Gasteiger partial charge in [0.05, 0.1) is 9.77 Å². The molecule has 3 N–H and O–H groups in total. The molecule has 0 saturated carbocycles. The maximum Gasteiger partial charge on any atom is 0.284 e. The molecule has 3 aromatic carbocycles. The fourth-order valence-corrected chi connectivity index (χ4v) is 5.30. The van der Waals surface area contributed by atoms with E-state index in [4.69, 9.17) is 5.21 Å². The second-order valence-corrected chi connectivity index (χ2v) is 9.04. The van der Waals surface area contributed by atoms with Crippen molar-refractivity contribution in [1.29, 1.82) is 0 Å². The van der Waals surface area contributed by atoms with Crippen molar-refractivity contribution in [2.45, 2.75) is 11.4 Å². The van der Waals surface area contributed by atoms with Crippen molar-refractivity contribution < 1.29 is 18.4 Å². The third kappa shape index (κ3) is 3.50. The van der Waals surface area contributed by atoms with Gasteiger partial charge in [-0.1, -0.05) is 48.5 Å². The van der Waals surface area contributed by atoms with E-state index in [1.54, 1.807) is 35.8 Å². The highest BCUT2D eigenvalue weighted by Gasteiger charge is 2.17. The monoisotopic (exact) mass is 412 g/mol. The Labute approximate surface area is 165 Å². The quantitative estimate of drug-likeness (QED) is 0.344. The molecule has 0 fully saturated rings. The molecule has 6 nitrogen and oxygen atoms in total. The molecule has 0 bridgehead atoms. The molecule has 4 rings (SSSR count). The molecule has 8 heteroatoms. The SMILES string of the molecule is O=C(NO)c1cc2ccc(CNS(=O)(=O)c3cccc4ccccc34)cc2s1. The van der Waals surface area contributed by atoms with E-state index in [0.29, 0.717) is 10.3 Å². The third-order valence-electron chi connectivity index (χ3n) is 4.42. The van der Waals surface area contributed by atoms with Crippen LogP contribution in [-0.2, 0) is 16.6 Å². The van der Waals surface area contributed by atoms with Crippen molar-refractivity contribution >= 4 is 48.1 Å². The van der Waals surface area contributed by atoms with E-state index >= 15 is 0 Å². The van der Waals surface area contributed by atoms with Crippen molar-refractivity contribution in [2.75, 3.05) is 0 Å². The van der Waals surface area contributed by atoms with Crippen molar-refractivity contribution in [2.24, 2.45) is 0 Å². The predicted octanol–water partition coefficient (Wildman–Crippen LogP) is 3.65. The van der Waals surface area contributed by atoms with Crippen LogP contribution in [0.3, 0.4) is 0 Å². The van der Waals surface area contributed by atoms with Gasteiger partial charge < -0.3 is 0 Å². The molecule has 0 radical (unpaired) electrons. The molecule has 1 amide bonds. The summed E-state index contributed by atoms with van der Waals surface area (Å²) in [5.41, 5.74) is 2.39. The Kier molecular flexibility index (Phi) is 4.86. The van der Waals surface area contributed by atoms with Gasteiger partial charge in [-0.15, -0.1) is 11.3 Å². The van der Waals surface area contributed by atoms with Gasteiger partial charge >= 0.3 is 0 Å². The number of fused-ring (bicyclic) bond motifs is 2. The van der Waals surface area contributed by atoms with E-state index in [1.165, 1.54) is 11.3 Å². The second-order valence-electron chi connectivity index (χ2n) is 6.23. The lowest BCUT2D eigenvalue weighted by molar-refractivity contribution is 0.0711. The topological polar surface area (TPSA) is 95.5 Å². The highest BCUT2D eigenvalue weighted by atomic mass is 32.2. The lowest BCUT2D eigenvalue weighted by Gasteiger charge is -2.10. The van der Waals surface area contributed by atoms with Gasteiger partial charge in [0.1, 0.15) is 0 Å². The largest absolute Gasteiger partial charge is 0.288 e. The minimum atomic E-state index is -3.69. The first-order valence-electron chi connectivity index (χ1n) is 8.42. The zero-order valence-electron chi connectivity index (χ0n) is 14.5. The summed E-state index contributed by atoms with van der Waals surface area (Å²) in [6.07, 6.45) is 0. The molecule has 1 aromatic heterocycles. The van der Waals surface area contributed by atoms with E-state index in [2.05, 4.69) is 4.72 Å². The molecule has 4 aromatic rings. The Morgan fingerprint density at radius 3 is 2.57 bits per heavy atom. The molecule has 0 atom stereocenters. The lowest BCUT2D eigenvalue weighted by Crippen LogP contribution is -2.23. The highest BCUT2D eigenvalue weighted by molar-refractivity contribution is 7.89. The second kappa shape index (κ2) is 7.33. The summed E-state index contributed by atoms with van der Waals surface area (Å²) in [5.74, 6) is -0.570. The van der Waals surface area contributed by atoms with Crippen molar-refractivity contribution in [3.8, 4) is 0 Å². The van der Waals surface area contributed by atoms with Gasteiger partial charge in [-0.05, 0) is 34.5 Å². The molecule has 0 unspecified atom stereocenters. The van der Waals surface area contributed by atoms with Crippen LogP contribution in [0.25, 0.3) is 20.9 Å². The average Bonchev–Trinajstić information content (AvgIpc) is 3.14. The Bertz CT molecular complexity index is 1290. The van der Waals surface area contributed by atoms with Gasteiger partial charge in [0.15, 0.2) is 0 Å². The normalized spacial score (nSPS) is 11.8. The molecule has 28 heavy (non-hydrogen) atoms. The van der Waals surface area contributed by atoms with Crippen LogP contribution in [0.5, 0.6) is 0 Å². The van der Waals surface area contributed by atoms with Crippen molar-refractivity contribution in [3.05, 3.63) is 77.2 Å². The van der Waals surface area contributed by atoms with E-state index in [-0.39, 0.29) is 11.4 Å². The fourth-order valence-electron chi connectivity index (χ4n) is 3.04.